The predicted molar refractivity (Wildman–Crippen MR) is 128 cm³/mol. The smallest absolute Gasteiger partial charge is 0.258 e. The number of carbonyl (C=O) groups is 1. The zero-order chi connectivity index (χ0) is 23.6. The lowest BCUT2D eigenvalue weighted by atomic mass is 10.1. The third-order valence-corrected chi connectivity index (χ3v) is 8.32. The van der Waals surface area contributed by atoms with Crippen molar-refractivity contribution in [3.05, 3.63) is 52.8 Å². The second-order valence-corrected chi connectivity index (χ2v) is 10.9. The number of anilines is 2. The highest BCUT2D eigenvalue weighted by atomic mass is 35.5. The standard InChI is InChI=1S/C23H28ClFN4O3S/c1-27-11-13-28(14-12-27)22-8-6-18(33(31,32)29-9-3-2-4-10-29)16-21(22)26-23(30)19-7-5-17(24)15-20(19)25/h5-8,15-16H,2-4,9-14H2,1H3,(H,26,30). The minimum absolute atomic E-state index is 0.120. The first-order chi connectivity index (χ1) is 15.8. The van der Waals surface area contributed by atoms with Crippen LogP contribution in [-0.2, 0) is 10.0 Å². The molecule has 2 aliphatic heterocycles. The average Bonchev–Trinajstić information content (AvgIpc) is 2.80. The summed E-state index contributed by atoms with van der Waals surface area (Å²) in [6.07, 6.45) is 2.68. The van der Waals surface area contributed by atoms with Crippen LogP contribution in [0, 0.1) is 5.82 Å². The van der Waals surface area contributed by atoms with Gasteiger partial charge in [0.25, 0.3) is 5.91 Å². The lowest BCUT2D eigenvalue weighted by molar-refractivity contribution is 0.102. The Morgan fingerprint density at radius 3 is 2.33 bits per heavy atom. The van der Waals surface area contributed by atoms with Crippen LogP contribution in [0.1, 0.15) is 29.6 Å². The van der Waals surface area contributed by atoms with Gasteiger partial charge < -0.3 is 15.1 Å². The zero-order valence-electron chi connectivity index (χ0n) is 18.6. The summed E-state index contributed by atoms with van der Waals surface area (Å²) in [6, 6.07) is 8.65. The summed E-state index contributed by atoms with van der Waals surface area (Å²) in [5, 5.41) is 2.94. The molecule has 2 heterocycles. The van der Waals surface area contributed by atoms with E-state index < -0.39 is 21.7 Å². The number of piperidine rings is 1. The molecule has 33 heavy (non-hydrogen) atoms. The lowest BCUT2D eigenvalue weighted by Crippen LogP contribution is -2.44. The van der Waals surface area contributed by atoms with Gasteiger partial charge in [0, 0.05) is 44.3 Å². The van der Waals surface area contributed by atoms with Gasteiger partial charge in [-0.15, -0.1) is 0 Å². The normalized spacial score (nSPS) is 18.3. The molecule has 0 atom stereocenters. The summed E-state index contributed by atoms with van der Waals surface area (Å²) in [5.74, 6) is -1.40. The van der Waals surface area contributed by atoms with E-state index in [9.17, 15) is 17.6 Å². The van der Waals surface area contributed by atoms with Crippen molar-refractivity contribution in [3.8, 4) is 0 Å². The number of nitrogens with one attached hydrogen (secondary N) is 1. The molecule has 2 saturated heterocycles. The fraction of sp³-hybridized carbons (Fsp3) is 0.435. The Bertz CT molecular complexity index is 1130. The highest BCUT2D eigenvalue weighted by molar-refractivity contribution is 7.89. The number of carbonyl (C=O) groups excluding carboxylic acids is 1. The molecule has 0 unspecified atom stereocenters. The molecule has 178 valence electrons. The van der Waals surface area contributed by atoms with Gasteiger partial charge in [0.1, 0.15) is 5.82 Å². The van der Waals surface area contributed by atoms with Crippen LogP contribution in [-0.4, -0.2) is 69.8 Å². The van der Waals surface area contributed by atoms with E-state index in [0.717, 1.165) is 51.5 Å². The molecule has 0 spiro atoms. The predicted octanol–water partition coefficient (Wildman–Crippen LogP) is 3.66. The molecule has 7 nitrogen and oxygen atoms in total. The Balaban J connectivity index is 1.69. The first-order valence-corrected chi connectivity index (χ1v) is 12.9. The highest BCUT2D eigenvalue weighted by Crippen LogP contribution is 2.32. The molecular weight excluding hydrogens is 467 g/mol. The fourth-order valence-corrected chi connectivity index (χ4v) is 5.92. The number of benzene rings is 2. The maximum atomic E-state index is 14.3. The van der Waals surface area contributed by atoms with Gasteiger partial charge in [0.15, 0.2) is 0 Å². The van der Waals surface area contributed by atoms with Gasteiger partial charge >= 0.3 is 0 Å². The number of sulfonamides is 1. The van der Waals surface area contributed by atoms with E-state index in [1.165, 1.54) is 22.5 Å². The van der Waals surface area contributed by atoms with E-state index >= 15 is 0 Å². The molecule has 0 aliphatic carbocycles. The number of piperazine rings is 1. The fourth-order valence-electron chi connectivity index (χ4n) is 4.22. The summed E-state index contributed by atoms with van der Waals surface area (Å²) >= 11 is 5.81. The SMILES string of the molecule is CN1CCN(c2ccc(S(=O)(=O)N3CCCCC3)cc2NC(=O)c2ccc(Cl)cc2F)CC1. The summed E-state index contributed by atoms with van der Waals surface area (Å²) in [6.45, 7) is 4.11. The van der Waals surface area contributed by atoms with Crippen molar-refractivity contribution in [2.24, 2.45) is 0 Å². The van der Waals surface area contributed by atoms with Crippen molar-refractivity contribution in [3.63, 3.8) is 0 Å². The second kappa shape index (κ2) is 9.97. The first kappa shape index (κ1) is 23.9. The summed E-state index contributed by atoms with van der Waals surface area (Å²) in [4.78, 5) is 17.3. The minimum Gasteiger partial charge on any atom is -0.367 e. The van der Waals surface area contributed by atoms with Gasteiger partial charge in [0.2, 0.25) is 10.0 Å². The van der Waals surface area contributed by atoms with Crippen LogP contribution < -0.4 is 10.2 Å². The third kappa shape index (κ3) is 5.32. The van der Waals surface area contributed by atoms with Crippen molar-refractivity contribution in [1.29, 1.82) is 0 Å². The number of rotatable bonds is 5. The number of amides is 1. The highest BCUT2D eigenvalue weighted by Gasteiger charge is 2.28. The molecule has 0 bridgehead atoms. The number of likely N-dealkylation sites (N-methyl/N-ethyl adjacent to an activating group) is 1. The largest absolute Gasteiger partial charge is 0.367 e. The van der Waals surface area contributed by atoms with Crippen molar-refractivity contribution >= 4 is 38.9 Å². The first-order valence-electron chi connectivity index (χ1n) is 11.1. The summed E-state index contributed by atoms with van der Waals surface area (Å²) in [5.41, 5.74) is 0.897. The Kier molecular flexibility index (Phi) is 7.23. The molecule has 0 aromatic heterocycles. The van der Waals surface area contributed by atoms with E-state index in [0.29, 0.717) is 24.5 Å². The zero-order valence-corrected chi connectivity index (χ0v) is 20.1. The van der Waals surface area contributed by atoms with E-state index in [1.807, 2.05) is 7.05 Å². The van der Waals surface area contributed by atoms with Crippen LogP contribution in [0.25, 0.3) is 0 Å². The molecular formula is C23H28ClFN4O3S. The van der Waals surface area contributed by atoms with Crippen molar-refractivity contribution in [2.45, 2.75) is 24.2 Å². The van der Waals surface area contributed by atoms with Crippen LogP contribution in [0.2, 0.25) is 5.02 Å². The molecule has 10 heteroatoms. The summed E-state index contributed by atoms with van der Waals surface area (Å²) < 4.78 is 42.3. The van der Waals surface area contributed by atoms with Gasteiger partial charge in [-0.05, 0) is 56.3 Å². The quantitative estimate of drug-likeness (QED) is 0.686. The van der Waals surface area contributed by atoms with E-state index in [-0.39, 0.29) is 15.5 Å². The van der Waals surface area contributed by atoms with E-state index in [2.05, 4.69) is 15.1 Å². The van der Waals surface area contributed by atoms with Crippen molar-refractivity contribution in [1.82, 2.24) is 9.21 Å². The Labute approximate surface area is 199 Å². The summed E-state index contributed by atoms with van der Waals surface area (Å²) in [7, 11) is -1.65. The number of nitrogens with zero attached hydrogens (tertiary/aromatic N) is 3. The topological polar surface area (TPSA) is 73.0 Å². The molecule has 4 rings (SSSR count). The van der Waals surface area contributed by atoms with Crippen LogP contribution in [0.15, 0.2) is 41.3 Å². The second-order valence-electron chi connectivity index (χ2n) is 8.51. The minimum atomic E-state index is -3.69. The molecule has 0 radical (unpaired) electrons. The molecule has 2 aromatic carbocycles. The van der Waals surface area contributed by atoms with Crippen molar-refractivity contribution < 1.29 is 17.6 Å². The molecule has 0 saturated carbocycles. The average molecular weight is 495 g/mol. The lowest BCUT2D eigenvalue weighted by Gasteiger charge is -2.35. The van der Waals surface area contributed by atoms with Gasteiger partial charge in [0.05, 0.1) is 21.8 Å². The van der Waals surface area contributed by atoms with Crippen molar-refractivity contribution in [2.75, 3.05) is 56.5 Å². The van der Waals surface area contributed by atoms with Crippen LogP contribution >= 0.6 is 11.6 Å². The molecule has 1 amide bonds. The van der Waals surface area contributed by atoms with Crippen LogP contribution in [0.5, 0.6) is 0 Å². The van der Waals surface area contributed by atoms with Gasteiger partial charge in [-0.3, -0.25) is 4.79 Å². The Morgan fingerprint density at radius 1 is 0.970 bits per heavy atom. The Hall–Kier alpha value is -2.20. The van der Waals surface area contributed by atoms with Gasteiger partial charge in [-0.1, -0.05) is 18.0 Å². The number of hydrogen-bond donors (Lipinski definition) is 1. The van der Waals surface area contributed by atoms with Gasteiger partial charge in [-0.25, -0.2) is 12.8 Å². The van der Waals surface area contributed by atoms with E-state index in [1.54, 1.807) is 12.1 Å². The number of halogens is 2. The van der Waals surface area contributed by atoms with E-state index in [4.69, 9.17) is 11.6 Å². The van der Waals surface area contributed by atoms with Crippen LogP contribution in [0.3, 0.4) is 0 Å². The maximum absolute atomic E-state index is 14.3. The molecule has 2 aliphatic rings. The van der Waals surface area contributed by atoms with Crippen LogP contribution in [0.4, 0.5) is 15.8 Å². The van der Waals surface area contributed by atoms with Gasteiger partial charge in [-0.2, -0.15) is 4.31 Å². The third-order valence-electron chi connectivity index (χ3n) is 6.19. The molecule has 1 N–H and O–H groups in total. The monoisotopic (exact) mass is 494 g/mol. The number of hydrogen-bond acceptors (Lipinski definition) is 5. The molecule has 2 aromatic rings. The maximum Gasteiger partial charge on any atom is 0.258 e. The Morgan fingerprint density at radius 2 is 1.67 bits per heavy atom. The molecule has 2 fully saturated rings.